The van der Waals surface area contributed by atoms with Crippen LogP contribution in [-0.4, -0.2) is 83.2 Å². The quantitative estimate of drug-likeness (QED) is 0.385. The van der Waals surface area contributed by atoms with Crippen molar-refractivity contribution in [3.8, 4) is 0 Å². The van der Waals surface area contributed by atoms with Gasteiger partial charge in [0.15, 0.2) is 0 Å². The zero-order chi connectivity index (χ0) is 26.5. The fourth-order valence-electron chi connectivity index (χ4n) is 5.31. The van der Waals surface area contributed by atoms with Gasteiger partial charge in [0, 0.05) is 51.4 Å². The van der Waals surface area contributed by atoms with Crippen molar-refractivity contribution in [2.24, 2.45) is 11.8 Å². The van der Waals surface area contributed by atoms with Gasteiger partial charge < -0.3 is 35.1 Å². The number of carbonyl (C=O) groups excluding carboxylic acids is 2. The summed E-state index contributed by atoms with van der Waals surface area (Å²) in [5, 5.41) is 9.05. The summed E-state index contributed by atoms with van der Waals surface area (Å²) in [6, 6.07) is 6.34. The molecule has 0 aliphatic carbocycles. The van der Waals surface area contributed by atoms with Gasteiger partial charge in [0.25, 0.3) is 0 Å². The lowest BCUT2D eigenvalue weighted by atomic mass is 9.88. The predicted octanol–water partition coefficient (Wildman–Crippen LogP) is 3.46. The van der Waals surface area contributed by atoms with Crippen LogP contribution < -0.4 is 16.0 Å². The number of halogens is 1. The number of piperidine rings is 1. The van der Waals surface area contributed by atoms with Crippen LogP contribution >= 0.6 is 0 Å². The lowest BCUT2D eigenvalue weighted by molar-refractivity contribution is -0.00882. The molecule has 0 bridgehead atoms. The number of carbonyl (C=O) groups is 2. The highest BCUT2D eigenvalue weighted by molar-refractivity contribution is 5.74. The van der Waals surface area contributed by atoms with Crippen LogP contribution in [0.1, 0.15) is 50.2 Å². The number of hydrogen-bond acceptors (Lipinski definition) is 6. The summed E-state index contributed by atoms with van der Waals surface area (Å²) in [5.74, 6) is 0.110. The zero-order valence-corrected chi connectivity index (χ0v) is 22.2. The van der Waals surface area contributed by atoms with Crippen LogP contribution in [0, 0.1) is 17.7 Å². The fraction of sp³-hybridized carbons (Fsp3) is 0.704. The number of ether oxygens (including phenoxy) is 3. The van der Waals surface area contributed by atoms with Crippen LogP contribution in [0.3, 0.4) is 0 Å². The number of likely N-dealkylation sites (tertiary alicyclic amines) is 1. The zero-order valence-electron chi connectivity index (χ0n) is 22.2. The first kappa shape index (κ1) is 29.1. The molecule has 3 amide bonds. The molecule has 1 aromatic rings. The van der Waals surface area contributed by atoms with E-state index in [0.29, 0.717) is 25.6 Å². The van der Waals surface area contributed by atoms with E-state index in [9.17, 15) is 14.0 Å². The van der Waals surface area contributed by atoms with E-state index < -0.39 is 12.2 Å². The van der Waals surface area contributed by atoms with Gasteiger partial charge in [0.1, 0.15) is 5.82 Å². The minimum absolute atomic E-state index is 0.00238. The van der Waals surface area contributed by atoms with E-state index in [1.807, 2.05) is 18.0 Å². The predicted molar refractivity (Wildman–Crippen MR) is 139 cm³/mol. The summed E-state index contributed by atoms with van der Waals surface area (Å²) in [5.41, 5.74) is 0.728. The topological polar surface area (TPSA) is 101 Å². The van der Waals surface area contributed by atoms with Crippen molar-refractivity contribution < 1.29 is 28.2 Å². The van der Waals surface area contributed by atoms with E-state index in [2.05, 4.69) is 20.7 Å². The Bertz CT molecular complexity index is 837. The number of amides is 3. The van der Waals surface area contributed by atoms with Crippen molar-refractivity contribution in [1.82, 2.24) is 20.9 Å². The fourth-order valence-corrected chi connectivity index (χ4v) is 5.31. The van der Waals surface area contributed by atoms with E-state index in [0.717, 1.165) is 57.3 Å². The SMILES string of the molecule is CNC[C@H](C[C@H]1CCCCOC1)NC(=O)N1CCC[C@@H](C(OCCNC(=O)OC)c2cccc(F)c2)C1. The van der Waals surface area contributed by atoms with Gasteiger partial charge in [-0.15, -0.1) is 0 Å². The molecule has 0 aromatic heterocycles. The summed E-state index contributed by atoms with van der Waals surface area (Å²) >= 11 is 0. The monoisotopic (exact) mass is 522 g/mol. The summed E-state index contributed by atoms with van der Waals surface area (Å²) in [6.45, 7) is 3.96. The van der Waals surface area contributed by atoms with Crippen molar-refractivity contribution in [2.75, 3.05) is 60.2 Å². The number of benzene rings is 1. The van der Waals surface area contributed by atoms with Gasteiger partial charge >= 0.3 is 12.1 Å². The van der Waals surface area contributed by atoms with Gasteiger partial charge in [-0.1, -0.05) is 18.6 Å². The van der Waals surface area contributed by atoms with Crippen molar-refractivity contribution in [1.29, 1.82) is 0 Å². The molecule has 3 rings (SSSR count). The third-order valence-corrected chi connectivity index (χ3v) is 7.11. The van der Waals surface area contributed by atoms with Crippen molar-refractivity contribution in [2.45, 2.75) is 50.7 Å². The number of rotatable bonds is 11. The van der Waals surface area contributed by atoms with Gasteiger partial charge in [-0.25, -0.2) is 14.0 Å². The van der Waals surface area contributed by atoms with Crippen LogP contribution in [0.4, 0.5) is 14.0 Å². The van der Waals surface area contributed by atoms with Gasteiger partial charge in [-0.3, -0.25) is 0 Å². The summed E-state index contributed by atoms with van der Waals surface area (Å²) in [4.78, 5) is 26.5. The molecule has 10 heteroatoms. The van der Waals surface area contributed by atoms with Crippen molar-refractivity contribution in [3.05, 3.63) is 35.6 Å². The highest BCUT2D eigenvalue weighted by Crippen LogP contribution is 2.33. The Morgan fingerprint density at radius 1 is 1.24 bits per heavy atom. The van der Waals surface area contributed by atoms with Crippen LogP contribution in [-0.2, 0) is 14.2 Å². The largest absolute Gasteiger partial charge is 0.453 e. The first-order valence-corrected chi connectivity index (χ1v) is 13.5. The Balaban J connectivity index is 1.62. The Kier molecular flexibility index (Phi) is 12.4. The highest BCUT2D eigenvalue weighted by Gasteiger charge is 2.32. The standard InChI is InChI=1S/C27H43FN4O5/c1-29-17-24(15-20-7-3-4-13-36-19-20)31-26(33)32-12-6-9-22(18-32)25(21-8-5-10-23(28)16-21)37-14-11-30-27(34)35-2/h5,8,10,16,20,22,24-25,29H,3-4,6-7,9,11-15,17-19H2,1-2H3,(H,30,34)(H,31,33)/t20-,22-,24+,25?/m1/s1. The molecule has 9 nitrogen and oxygen atoms in total. The average Bonchev–Trinajstić information content (AvgIpc) is 3.17. The van der Waals surface area contributed by atoms with E-state index in [4.69, 9.17) is 9.47 Å². The molecule has 1 aromatic carbocycles. The smallest absolute Gasteiger partial charge is 0.406 e. The maximum Gasteiger partial charge on any atom is 0.406 e. The molecular weight excluding hydrogens is 479 g/mol. The van der Waals surface area contributed by atoms with E-state index in [1.165, 1.54) is 19.2 Å². The lowest BCUT2D eigenvalue weighted by Crippen LogP contribution is -2.52. The second-order valence-corrected chi connectivity index (χ2v) is 9.99. The molecule has 0 radical (unpaired) electrons. The Hall–Kier alpha value is -2.43. The maximum absolute atomic E-state index is 14.1. The number of nitrogens with zero attached hydrogens (tertiary/aromatic N) is 1. The Morgan fingerprint density at radius 3 is 2.89 bits per heavy atom. The minimum Gasteiger partial charge on any atom is -0.453 e. The third-order valence-electron chi connectivity index (χ3n) is 7.11. The summed E-state index contributed by atoms with van der Waals surface area (Å²) < 4.78 is 30.6. The maximum atomic E-state index is 14.1. The molecule has 2 saturated heterocycles. The van der Waals surface area contributed by atoms with Gasteiger partial charge in [-0.05, 0) is 62.8 Å². The van der Waals surface area contributed by atoms with Crippen molar-refractivity contribution in [3.63, 3.8) is 0 Å². The number of urea groups is 1. The molecule has 2 aliphatic heterocycles. The number of hydrogen-bond donors (Lipinski definition) is 3. The van der Waals surface area contributed by atoms with Crippen LogP contribution in [0.5, 0.6) is 0 Å². The molecule has 37 heavy (non-hydrogen) atoms. The molecule has 4 atom stereocenters. The lowest BCUT2D eigenvalue weighted by Gasteiger charge is -2.38. The second kappa shape index (κ2) is 15.7. The second-order valence-electron chi connectivity index (χ2n) is 9.99. The molecule has 2 fully saturated rings. The van der Waals surface area contributed by atoms with Crippen molar-refractivity contribution >= 4 is 12.1 Å². The van der Waals surface area contributed by atoms with Crippen LogP contribution in [0.25, 0.3) is 0 Å². The number of methoxy groups -OCH3 is 1. The van der Waals surface area contributed by atoms with Crippen LogP contribution in [0.15, 0.2) is 24.3 Å². The first-order valence-electron chi connectivity index (χ1n) is 13.5. The normalized spacial score (nSPS) is 22.0. The van der Waals surface area contributed by atoms with Crippen LogP contribution in [0.2, 0.25) is 0 Å². The van der Waals surface area contributed by atoms with E-state index in [-0.39, 0.29) is 37.0 Å². The first-order chi connectivity index (χ1) is 18.0. The molecule has 2 heterocycles. The Morgan fingerprint density at radius 2 is 2.11 bits per heavy atom. The molecule has 0 spiro atoms. The van der Waals surface area contributed by atoms with Gasteiger partial charge in [0.2, 0.25) is 0 Å². The number of alkyl carbamates (subject to hydrolysis) is 1. The average molecular weight is 523 g/mol. The number of likely N-dealkylation sites (N-methyl/N-ethyl adjacent to an activating group) is 1. The van der Waals surface area contributed by atoms with E-state index >= 15 is 0 Å². The highest BCUT2D eigenvalue weighted by atomic mass is 19.1. The summed E-state index contributed by atoms with van der Waals surface area (Å²) in [6.07, 6.45) is 5.03. The minimum atomic E-state index is -0.530. The molecule has 3 N–H and O–H groups in total. The Labute approximate surface area is 219 Å². The molecular formula is C27H43FN4O5. The summed E-state index contributed by atoms with van der Waals surface area (Å²) in [7, 11) is 3.20. The third kappa shape index (κ3) is 9.75. The molecule has 0 saturated carbocycles. The molecule has 2 aliphatic rings. The van der Waals surface area contributed by atoms with Gasteiger partial charge in [0.05, 0.1) is 19.8 Å². The van der Waals surface area contributed by atoms with Gasteiger partial charge in [-0.2, -0.15) is 0 Å². The van der Waals surface area contributed by atoms with E-state index in [1.54, 1.807) is 6.07 Å². The molecule has 1 unspecified atom stereocenters. The molecule has 208 valence electrons. The number of nitrogens with one attached hydrogen (secondary N) is 3.